The van der Waals surface area contributed by atoms with E-state index in [-0.39, 0.29) is 0 Å². The van der Waals surface area contributed by atoms with Crippen molar-refractivity contribution in [3.63, 3.8) is 0 Å². The molecule has 0 radical (unpaired) electrons. The summed E-state index contributed by atoms with van der Waals surface area (Å²) in [6.45, 7) is 5.91. The van der Waals surface area contributed by atoms with Gasteiger partial charge < -0.3 is 5.11 Å². The van der Waals surface area contributed by atoms with Gasteiger partial charge in [-0.05, 0) is 45.6 Å². The molecule has 1 heterocycles. The molecule has 1 saturated carbocycles. The maximum Gasteiger partial charge on any atom is 0.107 e. The van der Waals surface area contributed by atoms with E-state index in [1.165, 1.54) is 0 Å². The smallest absolute Gasteiger partial charge is 0.107 e. The lowest BCUT2D eigenvalue weighted by molar-refractivity contribution is -0.0315. The van der Waals surface area contributed by atoms with Crippen LogP contribution in [0.25, 0.3) is 0 Å². The molecule has 1 aliphatic rings. The minimum absolute atomic E-state index is 0.479. The van der Waals surface area contributed by atoms with Gasteiger partial charge in [0.2, 0.25) is 0 Å². The van der Waals surface area contributed by atoms with Crippen molar-refractivity contribution in [2.45, 2.75) is 51.7 Å². The molecule has 0 amide bonds. The summed E-state index contributed by atoms with van der Waals surface area (Å²) in [6.07, 6.45) is 4.19. The van der Waals surface area contributed by atoms with E-state index in [0.29, 0.717) is 0 Å². The van der Waals surface area contributed by atoms with Crippen molar-refractivity contribution in [1.82, 2.24) is 9.88 Å². The summed E-state index contributed by atoms with van der Waals surface area (Å²) in [6, 6.07) is 0. The monoisotopic (exact) mass is 268 g/mol. The van der Waals surface area contributed by atoms with E-state index in [4.69, 9.17) is 0 Å². The maximum atomic E-state index is 10.6. The fourth-order valence-electron chi connectivity index (χ4n) is 2.72. The molecule has 18 heavy (non-hydrogen) atoms. The average Bonchev–Trinajstić information content (AvgIpc) is 2.68. The number of aryl methyl sites for hydroxylation is 1. The number of aromatic nitrogens is 1. The van der Waals surface area contributed by atoms with Crippen LogP contribution in [0, 0.1) is 12.8 Å². The molecule has 0 aliphatic heterocycles. The summed E-state index contributed by atoms with van der Waals surface area (Å²) >= 11 is 1.70. The highest BCUT2D eigenvalue weighted by molar-refractivity contribution is 7.09. The Labute approximate surface area is 114 Å². The molecule has 102 valence electrons. The highest BCUT2D eigenvalue weighted by Gasteiger charge is 2.32. The second-order valence-corrected chi connectivity index (χ2v) is 6.90. The van der Waals surface area contributed by atoms with Crippen LogP contribution in [-0.4, -0.2) is 34.2 Å². The molecule has 0 saturated heterocycles. The molecule has 3 nitrogen and oxygen atoms in total. The minimum atomic E-state index is -0.479. The highest BCUT2D eigenvalue weighted by atomic mass is 32.1. The average molecular weight is 268 g/mol. The Morgan fingerprint density at radius 3 is 2.72 bits per heavy atom. The largest absolute Gasteiger partial charge is 0.389 e. The van der Waals surface area contributed by atoms with Gasteiger partial charge >= 0.3 is 0 Å². The van der Waals surface area contributed by atoms with Gasteiger partial charge in [0.1, 0.15) is 5.01 Å². The third-order valence-corrected chi connectivity index (χ3v) is 4.79. The Bertz CT molecular complexity index is 383. The van der Waals surface area contributed by atoms with Crippen molar-refractivity contribution in [1.29, 1.82) is 0 Å². The summed E-state index contributed by atoms with van der Waals surface area (Å²) in [5.41, 5.74) is 0.613. The van der Waals surface area contributed by atoms with Gasteiger partial charge in [0.25, 0.3) is 0 Å². The van der Waals surface area contributed by atoms with E-state index in [0.717, 1.165) is 55.4 Å². The van der Waals surface area contributed by atoms with Gasteiger partial charge in [0.15, 0.2) is 0 Å². The molecular weight excluding hydrogens is 244 g/mol. The van der Waals surface area contributed by atoms with Crippen molar-refractivity contribution < 1.29 is 5.11 Å². The Balaban J connectivity index is 1.85. The van der Waals surface area contributed by atoms with Crippen molar-refractivity contribution in [2.24, 2.45) is 5.92 Å². The maximum absolute atomic E-state index is 10.6. The lowest BCUT2D eigenvalue weighted by Crippen LogP contribution is -2.43. The lowest BCUT2D eigenvalue weighted by atomic mass is 9.79. The quantitative estimate of drug-likeness (QED) is 0.912. The summed E-state index contributed by atoms with van der Waals surface area (Å²) in [5.74, 6) is 0.775. The minimum Gasteiger partial charge on any atom is -0.389 e. The van der Waals surface area contributed by atoms with E-state index >= 15 is 0 Å². The zero-order valence-corrected chi connectivity index (χ0v) is 12.5. The number of nitrogens with zero attached hydrogens (tertiary/aromatic N) is 2. The fraction of sp³-hybridized carbons (Fsp3) is 0.786. The SMILES string of the molecule is Cc1csc(CN(C)CC2(O)CCC(C)CC2)n1. The van der Waals surface area contributed by atoms with Crippen LogP contribution in [0.15, 0.2) is 5.38 Å². The van der Waals surface area contributed by atoms with Gasteiger partial charge in [-0.15, -0.1) is 11.3 Å². The van der Waals surface area contributed by atoms with Gasteiger partial charge in [0, 0.05) is 17.6 Å². The van der Waals surface area contributed by atoms with Crippen molar-refractivity contribution in [2.75, 3.05) is 13.6 Å². The zero-order valence-electron chi connectivity index (χ0n) is 11.6. The molecule has 1 fully saturated rings. The predicted octanol–water partition coefficient (Wildman–Crippen LogP) is 2.82. The number of rotatable bonds is 4. The van der Waals surface area contributed by atoms with Crippen LogP contribution in [0.4, 0.5) is 0 Å². The summed E-state index contributed by atoms with van der Waals surface area (Å²) in [4.78, 5) is 6.68. The molecule has 1 aromatic rings. The Morgan fingerprint density at radius 2 is 2.17 bits per heavy atom. The van der Waals surface area contributed by atoms with Gasteiger partial charge in [-0.1, -0.05) is 6.92 Å². The van der Waals surface area contributed by atoms with Crippen LogP contribution in [0.2, 0.25) is 0 Å². The fourth-order valence-corrected chi connectivity index (χ4v) is 3.57. The topological polar surface area (TPSA) is 36.4 Å². The van der Waals surface area contributed by atoms with Gasteiger partial charge in [-0.3, -0.25) is 4.90 Å². The molecule has 2 rings (SSSR count). The Hall–Kier alpha value is -0.450. The molecule has 0 bridgehead atoms. The molecule has 0 spiro atoms. The third-order valence-electron chi connectivity index (χ3n) is 3.84. The normalized spacial score (nSPS) is 28.8. The van der Waals surface area contributed by atoms with Gasteiger partial charge in [-0.25, -0.2) is 4.98 Å². The third kappa shape index (κ3) is 3.77. The van der Waals surface area contributed by atoms with Crippen LogP contribution in [0.3, 0.4) is 0 Å². The Morgan fingerprint density at radius 1 is 1.50 bits per heavy atom. The number of thiazole rings is 1. The molecule has 0 aromatic carbocycles. The molecule has 4 heteroatoms. The number of aliphatic hydroxyl groups is 1. The standard InChI is InChI=1S/C14H24N2OS/c1-11-4-6-14(17,7-5-11)10-16(3)8-13-15-12(2)9-18-13/h9,11,17H,4-8,10H2,1-3H3. The summed E-state index contributed by atoms with van der Waals surface area (Å²) in [7, 11) is 2.08. The Kier molecular flexibility index (Phi) is 4.41. The molecular formula is C14H24N2OS. The first kappa shape index (κ1) is 14.0. The first-order valence-electron chi connectivity index (χ1n) is 6.79. The van der Waals surface area contributed by atoms with Gasteiger partial charge in [-0.2, -0.15) is 0 Å². The molecule has 1 N–H and O–H groups in total. The van der Waals surface area contributed by atoms with Crippen LogP contribution < -0.4 is 0 Å². The van der Waals surface area contributed by atoms with Crippen LogP contribution in [0.5, 0.6) is 0 Å². The van der Waals surface area contributed by atoms with E-state index < -0.39 is 5.60 Å². The molecule has 0 atom stereocenters. The van der Waals surface area contributed by atoms with E-state index in [2.05, 4.69) is 29.2 Å². The second kappa shape index (κ2) is 5.68. The van der Waals surface area contributed by atoms with Crippen LogP contribution >= 0.6 is 11.3 Å². The van der Waals surface area contributed by atoms with Crippen molar-refractivity contribution >= 4 is 11.3 Å². The molecule has 1 aliphatic carbocycles. The first-order chi connectivity index (χ1) is 8.47. The zero-order chi connectivity index (χ0) is 13.2. The summed E-state index contributed by atoms with van der Waals surface area (Å²) in [5, 5.41) is 13.8. The van der Waals surface area contributed by atoms with Crippen LogP contribution in [0.1, 0.15) is 43.3 Å². The lowest BCUT2D eigenvalue weighted by Gasteiger charge is -2.37. The van der Waals surface area contributed by atoms with Gasteiger partial charge in [0.05, 0.1) is 12.1 Å². The number of hydrogen-bond acceptors (Lipinski definition) is 4. The number of hydrogen-bond donors (Lipinski definition) is 1. The number of likely N-dealkylation sites (N-methyl/N-ethyl adjacent to an activating group) is 1. The highest BCUT2D eigenvalue weighted by Crippen LogP contribution is 2.32. The van der Waals surface area contributed by atoms with Crippen molar-refractivity contribution in [3.8, 4) is 0 Å². The van der Waals surface area contributed by atoms with E-state index in [9.17, 15) is 5.11 Å². The van der Waals surface area contributed by atoms with E-state index in [1.807, 2.05) is 6.92 Å². The predicted molar refractivity (Wildman–Crippen MR) is 75.8 cm³/mol. The molecule has 0 unspecified atom stereocenters. The van der Waals surface area contributed by atoms with E-state index in [1.54, 1.807) is 11.3 Å². The summed E-state index contributed by atoms with van der Waals surface area (Å²) < 4.78 is 0. The van der Waals surface area contributed by atoms with Crippen LogP contribution in [-0.2, 0) is 6.54 Å². The van der Waals surface area contributed by atoms with Crippen molar-refractivity contribution in [3.05, 3.63) is 16.1 Å². The second-order valence-electron chi connectivity index (χ2n) is 5.96. The molecule has 1 aromatic heterocycles. The first-order valence-corrected chi connectivity index (χ1v) is 7.67.